The van der Waals surface area contributed by atoms with E-state index in [4.69, 9.17) is 5.26 Å². The Hall–Kier alpha value is -1.10. The van der Waals surface area contributed by atoms with Crippen molar-refractivity contribution in [3.05, 3.63) is 11.1 Å². The fraction of sp³-hybridized carbons (Fsp3) is 0.600. The van der Waals surface area contributed by atoms with Crippen LogP contribution in [-0.4, -0.2) is 5.78 Å². The average Bonchev–Trinajstić information content (AvgIpc) is 2.04. The third-order valence-electron chi connectivity index (χ3n) is 2.50. The van der Waals surface area contributed by atoms with Crippen molar-refractivity contribution in [3.63, 3.8) is 0 Å². The van der Waals surface area contributed by atoms with Crippen LogP contribution in [0, 0.1) is 17.2 Å². The van der Waals surface area contributed by atoms with Gasteiger partial charge in [-0.2, -0.15) is 5.26 Å². The van der Waals surface area contributed by atoms with Gasteiger partial charge in [0.25, 0.3) is 0 Å². The van der Waals surface area contributed by atoms with Gasteiger partial charge in [0.15, 0.2) is 5.78 Å². The summed E-state index contributed by atoms with van der Waals surface area (Å²) in [6.45, 7) is 3.49. The highest BCUT2D eigenvalue weighted by Crippen LogP contribution is 2.29. The Bertz CT molecular complexity index is 270. The first-order chi connectivity index (χ1) is 5.66. The molecule has 0 spiro atoms. The molecule has 1 aliphatic rings. The summed E-state index contributed by atoms with van der Waals surface area (Å²) in [7, 11) is 0. The van der Waals surface area contributed by atoms with Crippen LogP contribution >= 0.6 is 0 Å². The van der Waals surface area contributed by atoms with Gasteiger partial charge in [0, 0.05) is 0 Å². The molecular weight excluding hydrogens is 150 g/mol. The van der Waals surface area contributed by atoms with Crippen molar-refractivity contribution in [3.8, 4) is 6.07 Å². The molecule has 1 rings (SSSR count). The molecule has 0 radical (unpaired) electrons. The van der Waals surface area contributed by atoms with Gasteiger partial charge < -0.3 is 0 Å². The molecule has 0 amide bonds. The highest BCUT2D eigenvalue weighted by atomic mass is 16.1. The van der Waals surface area contributed by atoms with Crippen LogP contribution in [0.3, 0.4) is 0 Å². The summed E-state index contributed by atoms with van der Waals surface area (Å²) in [5, 5.41) is 8.77. The standard InChI is InChI=1S/C10H13NO/c1-7-9(6-11)4-3-5-10(7)8(2)12/h9H,3-5H2,1-2H3. The van der Waals surface area contributed by atoms with E-state index < -0.39 is 0 Å². The SMILES string of the molecule is CC(=O)C1=C(C)C(C#N)CCC1. The Balaban J connectivity index is 2.97. The van der Waals surface area contributed by atoms with E-state index in [1.165, 1.54) is 0 Å². The van der Waals surface area contributed by atoms with Gasteiger partial charge in [-0.15, -0.1) is 0 Å². The maximum Gasteiger partial charge on any atom is 0.155 e. The molecule has 64 valence electrons. The second-order valence-corrected chi connectivity index (χ2v) is 3.29. The summed E-state index contributed by atoms with van der Waals surface area (Å²) in [5.74, 6) is 0.116. The van der Waals surface area contributed by atoms with Crippen LogP contribution in [0.15, 0.2) is 11.1 Å². The van der Waals surface area contributed by atoms with Gasteiger partial charge >= 0.3 is 0 Å². The molecule has 0 saturated carbocycles. The van der Waals surface area contributed by atoms with E-state index in [-0.39, 0.29) is 11.7 Å². The van der Waals surface area contributed by atoms with Crippen LogP contribution in [0.5, 0.6) is 0 Å². The van der Waals surface area contributed by atoms with Crippen LogP contribution in [0.25, 0.3) is 0 Å². The first-order valence-corrected chi connectivity index (χ1v) is 4.27. The lowest BCUT2D eigenvalue weighted by Crippen LogP contribution is -2.12. The molecule has 0 fully saturated rings. The molecule has 0 aromatic heterocycles. The summed E-state index contributed by atoms with van der Waals surface area (Å²) in [4.78, 5) is 11.1. The lowest BCUT2D eigenvalue weighted by atomic mass is 9.83. The molecule has 0 aromatic rings. The van der Waals surface area contributed by atoms with Crippen LogP contribution in [0.4, 0.5) is 0 Å². The summed E-state index contributed by atoms with van der Waals surface area (Å²) < 4.78 is 0. The predicted octanol–water partition coefficient (Wildman–Crippen LogP) is 2.22. The van der Waals surface area contributed by atoms with Gasteiger partial charge in [-0.1, -0.05) is 0 Å². The Morgan fingerprint density at radius 3 is 2.83 bits per heavy atom. The number of carbonyl (C=O) groups is 1. The summed E-state index contributed by atoms with van der Waals surface area (Å²) in [6.07, 6.45) is 2.75. The number of rotatable bonds is 1. The van der Waals surface area contributed by atoms with Crippen molar-refractivity contribution in [1.29, 1.82) is 5.26 Å². The van der Waals surface area contributed by atoms with Crippen LogP contribution in [0.2, 0.25) is 0 Å². The number of Topliss-reactive ketones (excluding diaryl/α,β-unsaturated/α-hetero) is 1. The van der Waals surface area contributed by atoms with E-state index in [1.807, 2.05) is 6.92 Å². The van der Waals surface area contributed by atoms with Gasteiger partial charge in [-0.3, -0.25) is 4.79 Å². The van der Waals surface area contributed by atoms with E-state index in [9.17, 15) is 4.79 Å². The minimum absolute atomic E-state index is 0.0161. The number of carbonyl (C=O) groups excluding carboxylic acids is 1. The van der Waals surface area contributed by atoms with E-state index in [0.29, 0.717) is 0 Å². The van der Waals surface area contributed by atoms with Crippen molar-refractivity contribution in [2.24, 2.45) is 5.92 Å². The second kappa shape index (κ2) is 3.53. The third-order valence-corrected chi connectivity index (χ3v) is 2.50. The Labute approximate surface area is 72.9 Å². The normalized spacial score (nSPS) is 23.6. The van der Waals surface area contributed by atoms with Crippen molar-refractivity contribution in [2.45, 2.75) is 33.1 Å². The topological polar surface area (TPSA) is 40.9 Å². The quantitative estimate of drug-likeness (QED) is 0.594. The molecule has 0 saturated heterocycles. The van der Waals surface area contributed by atoms with Gasteiger partial charge in [-0.05, 0) is 44.3 Å². The maximum atomic E-state index is 11.1. The summed E-state index contributed by atoms with van der Waals surface area (Å²) in [6, 6.07) is 2.23. The summed E-state index contributed by atoms with van der Waals surface area (Å²) >= 11 is 0. The van der Waals surface area contributed by atoms with Crippen molar-refractivity contribution < 1.29 is 4.79 Å². The van der Waals surface area contributed by atoms with Gasteiger partial charge in [0.2, 0.25) is 0 Å². The Morgan fingerprint density at radius 2 is 2.33 bits per heavy atom. The van der Waals surface area contributed by atoms with Gasteiger partial charge in [-0.25, -0.2) is 0 Å². The van der Waals surface area contributed by atoms with Crippen molar-refractivity contribution in [2.75, 3.05) is 0 Å². The van der Waals surface area contributed by atoms with E-state index in [0.717, 1.165) is 30.4 Å². The van der Waals surface area contributed by atoms with Crippen LogP contribution in [0.1, 0.15) is 33.1 Å². The van der Waals surface area contributed by atoms with Crippen LogP contribution < -0.4 is 0 Å². The van der Waals surface area contributed by atoms with Crippen LogP contribution in [-0.2, 0) is 4.79 Å². The molecule has 12 heavy (non-hydrogen) atoms. The van der Waals surface area contributed by atoms with E-state index in [2.05, 4.69) is 6.07 Å². The average molecular weight is 163 g/mol. The zero-order valence-electron chi connectivity index (χ0n) is 7.55. The molecule has 0 N–H and O–H groups in total. The van der Waals surface area contributed by atoms with E-state index >= 15 is 0 Å². The smallest absolute Gasteiger partial charge is 0.155 e. The third kappa shape index (κ3) is 1.55. The number of nitriles is 1. The molecule has 0 aromatic carbocycles. The fourth-order valence-electron chi connectivity index (χ4n) is 1.72. The molecule has 1 atom stereocenters. The molecule has 2 heteroatoms. The zero-order chi connectivity index (χ0) is 9.14. The molecular formula is C10H13NO. The first-order valence-electron chi connectivity index (χ1n) is 4.27. The number of ketones is 1. The minimum atomic E-state index is -0.0161. The highest BCUT2D eigenvalue weighted by molar-refractivity contribution is 5.94. The van der Waals surface area contributed by atoms with Crippen molar-refractivity contribution in [1.82, 2.24) is 0 Å². The maximum absolute atomic E-state index is 11.1. The first kappa shape index (κ1) is 8.99. The minimum Gasteiger partial charge on any atom is -0.295 e. The van der Waals surface area contributed by atoms with E-state index in [1.54, 1.807) is 6.92 Å². The van der Waals surface area contributed by atoms with Gasteiger partial charge in [0.05, 0.1) is 12.0 Å². The lowest BCUT2D eigenvalue weighted by molar-refractivity contribution is -0.113. The number of hydrogen-bond donors (Lipinski definition) is 0. The largest absolute Gasteiger partial charge is 0.295 e. The van der Waals surface area contributed by atoms with Gasteiger partial charge in [0.1, 0.15) is 0 Å². The molecule has 0 heterocycles. The highest BCUT2D eigenvalue weighted by Gasteiger charge is 2.21. The zero-order valence-corrected chi connectivity index (χ0v) is 7.55. The Kier molecular flexibility index (Phi) is 2.65. The predicted molar refractivity (Wildman–Crippen MR) is 46.3 cm³/mol. The number of allylic oxidation sites excluding steroid dienone is 2. The molecule has 2 nitrogen and oxygen atoms in total. The monoisotopic (exact) mass is 163 g/mol. The lowest BCUT2D eigenvalue weighted by Gasteiger charge is -2.19. The molecule has 1 unspecified atom stereocenters. The molecule has 1 aliphatic carbocycles. The number of hydrogen-bond acceptors (Lipinski definition) is 2. The molecule has 0 bridgehead atoms. The Morgan fingerprint density at radius 1 is 1.67 bits per heavy atom. The summed E-state index contributed by atoms with van der Waals surface area (Å²) in [5.41, 5.74) is 1.88. The molecule has 0 aliphatic heterocycles. The second-order valence-electron chi connectivity index (χ2n) is 3.29. The number of nitrogens with zero attached hydrogens (tertiary/aromatic N) is 1. The van der Waals surface area contributed by atoms with Crippen molar-refractivity contribution >= 4 is 5.78 Å². The fourth-order valence-corrected chi connectivity index (χ4v) is 1.72.